The number of para-hydroxylation sites is 1. The molecule has 5 heteroatoms. The Labute approximate surface area is 160 Å². The Hall–Kier alpha value is -2.82. The van der Waals surface area contributed by atoms with Crippen LogP contribution in [0, 0.1) is 6.92 Å². The maximum Gasteiger partial charge on any atom is 0.251 e. The van der Waals surface area contributed by atoms with Gasteiger partial charge in [-0.25, -0.2) is 0 Å². The maximum absolute atomic E-state index is 12.1. The fourth-order valence-electron chi connectivity index (χ4n) is 3.32. The van der Waals surface area contributed by atoms with E-state index >= 15 is 0 Å². The molecule has 1 fully saturated rings. The van der Waals surface area contributed by atoms with Gasteiger partial charge < -0.3 is 15.5 Å². The molecule has 3 rings (SSSR count). The summed E-state index contributed by atoms with van der Waals surface area (Å²) in [5.41, 5.74) is 2.97. The first kappa shape index (κ1) is 19.0. The van der Waals surface area contributed by atoms with Crippen molar-refractivity contribution in [2.24, 2.45) is 0 Å². The van der Waals surface area contributed by atoms with Gasteiger partial charge in [0.25, 0.3) is 5.91 Å². The Balaban J connectivity index is 1.35. The summed E-state index contributed by atoms with van der Waals surface area (Å²) in [6, 6.07) is 18.0. The van der Waals surface area contributed by atoms with Gasteiger partial charge in [-0.1, -0.05) is 35.9 Å². The third kappa shape index (κ3) is 5.58. The minimum Gasteiger partial charge on any atom is -0.371 e. The number of piperidine rings is 1. The zero-order valence-corrected chi connectivity index (χ0v) is 15.8. The number of amides is 2. The average Bonchev–Trinajstić information content (AvgIpc) is 2.69. The van der Waals surface area contributed by atoms with Crippen LogP contribution in [0.25, 0.3) is 0 Å². The molecule has 0 aromatic heterocycles. The zero-order chi connectivity index (χ0) is 19.1. The highest BCUT2D eigenvalue weighted by atomic mass is 16.2. The molecule has 1 saturated heterocycles. The maximum atomic E-state index is 12.1. The highest BCUT2D eigenvalue weighted by Crippen LogP contribution is 2.19. The monoisotopic (exact) mass is 365 g/mol. The van der Waals surface area contributed by atoms with Crippen molar-refractivity contribution >= 4 is 17.5 Å². The molecular formula is C22H27N3O2. The molecule has 1 aliphatic rings. The summed E-state index contributed by atoms with van der Waals surface area (Å²) in [6.07, 6.45) is 2.18. The molecule has 0 bridgehead atoms. The normalized spacial score (nSPS) is 14.6. The second kappa shape index (κ2) is 9.21. The van der Waals surface area contributed by atoms with Crippen LogP contribution >= 0.6 is 0 Å². The molecule has 1 heterocycles. The number of hydrogen-bond donors (Lipinski definition) is 2. The molecule has 5 nitrogen and oxygen atoms in total. The first-order valence-corrected chi connectivity index (χ1v) is 9.56. The van der Waals surface area contributed by atoms with Crippen molar-refractivity contribution in [3.63, 3.8) is 0 Å². The minimum atomic E-state index is -0.140. The van der Waals surface area contributed by atoms with Crippen molar-refractivity contribution in [2.45, 2.75) is 32.2 Å². The molecule has 0 saturated carbocycles. The quantitative estimate of drug-likeness (QED) is 0.827. The summed E-state index contributed by atoms with van der Waals surface area (Å²) in [7, 11) is 0. The van der Waals surface area contributed by atoms with E-state index in [9.17, 15) is 9.59 Å². The average molecular weight is 365 g/mol. The molecule has 0 unspecified atom stereocenters. The molecule has 1 aliphatic heterocycles. The highest BCUT2D eigenvalue weighted by molar-refractivity contribution is 5.94. The Bertz CT molecular complexity index is 751. The predicted octanol–water partition coefficient (Wildman–Crippen LogP) is 2.90. The van der Waals surface area contributed by atoms with Gasteiger partial charge in [-0.05, 0) is 44.0 Å². The number of aryl methyl sites for hydroxylation is 1. The van der Waals surface area contributed by atoms with E-state index in [1.807, 2.05) is 37.3 Å². The molecule has 2 aromatic rings. The van der Waals surface area contributed by atoms with E-state index in [1.165, 1.54) is 5.69 Å². The lowest BCUT2D eigenvalue weighted by molar-refractivity contribution is -0.121. The Morgan fingerprint density at radius 1 is 1.00 bits per heavy atom. The molecule has 0 spiro atoms. The van der Waals surface area contributed by atoms with E-state index < -0.39 is 0 Å². The van der Waals surface area contributed by atoms with E-state index in [0.29, 0.717) is 18.5 Å². The summed E-state index contributed by atoms with van der Waals surface area (Å²) in [5.74, 6) is -0.142. The molecule has 2 aromatic carbocycles. The molecule has 2 N–H and O–H groups in total. The number of nitrogens with zero attached hydrogens (tertiary/aromatic N) is 1. The van der Waals surface area contributed by atoms with Crippen LogP contribution in [0.4, 0.5) is 5.69 Å². The highest BCUT2D eigenvalue weighted by Gasteiger charge is 2.20. The summed E-state index contributed by atoms with van der Waals surface area (Å²) in [4.78, 5) is 26.6. The number of carbonyl (C=O) groups excluding carboxylic acids is 2. The van der Waals surface area contributed by atoms with E-state index in [0.717, 1.165) is 31.5 Å². The second-order valence-electron chi connectivity index (χ2n) is 7.04. The van der Waals surface area contributed by atoms with E-state index in [1.54, 1.807) is 12.1 Å². The van der Waals surface area contributed by atoms with Crippen LogP contribution in [0.15, 0.2) is 54.6 Å². The Kier molecular flexibility index (Phi) is 6.47. The van der Waals surface area contributed by atoms with Crippen LogP contribution in [-0.2, 0) is 4.79 Å². The summed E-state index contributed by atoms with van der Waals surface area (Å²) in [6.45, 7) is 4.22. The van der Waals surface area contributed by atoms with E-state index in [-0.39, 0.29) is 17.9 Å². The lowest BCUT2D eigenvalue weighted by Gasteiger charge is -2.34. The molecule has 0 atom stereocenters. The van der Waals surface area contributed by atoms with Crippen LogP contribution in [0.5, 0.6) is 0 Å². The van der Waals surface area contributed by atoms with E-state index in [4.69, 9.17) is 0 Å². The second-order valence-corrected chi connectivity index (χ2v) is 7.04. The van der Waals surface area contributed by atoms with Gasteiger partial charge in [0.15, 0.2) is 0 Å². The first-order valence-electron chi connectivity index (χ1n) is 9.56. The SMILES string of the molecule is Cc1ccc(C(=O)NCCC(=O)NC2CCN(c3ccccc3)CC2)cc1. The largest absolute Gasteiger partial charge is 0.371 e. The minimum absolute atomic E-state index is 0.00244. The van der Waals surface area contributed by atoms with Crippen LogP contribution in [0.2, 0.25) is 0 Å². The van der Waals surface area contributed by atoms with Gasteiger partial charge in [-0.15, -0.1) is 0 Å². The molecule has 0 radical (unpaired) electrons. The molecule has 142 valence electrons. The van der Waals surface area contributed by atoms with Crippen molar-refractivity contribution in [3.8, 4) is 0 Å². The van der Waals surface area contributed by atoms with Crippen LogP contribution in [-0.4, -0.2) is 37.5 Å². The number of rotatable bonds is 6. The lowest BCUT2D eigenvalue weighted by Crippen LogP contribution is -2.45. The lowest BCUT2D eigenvalue weighted by atomic mass is 10.0. The third-order valence-corrected chi connectivity index (χ3v) is 4.93. The summed E-state index contributed by atoms with van der Waals surface area (Å²) in [5, 5.41) is 5.90. The summed E-state index contributed by atoms with van der Waals surface area (Å²) >= 11 is 0. The van der Waals surface area contributed by atoms with Gasteiger partial charge in [0.1, 0.15) is 0 Å². The third-order valence-electron chi connectivity index (χ3n) is 4.93. The number of benzene rings is 2. The Morgan fingerprint density at radius 3 is 2.33 bits per heavy atom. The molecule has 27 heavy (non-hydrogen) atoms. The molecule has 2 amide bonds. The number of hydrogen-bond acceptors (Lipinski definition) is 3. The number of nitrogens with one attached hydrogen (secondary N) is 2. The molecule has 0 aliphatic carbocycles. The van der Waals surface area contributed by atoms with Crippen molar-refractivity contribution in [1.82, 2.24) is 10.6 Å². The fourth-order valence-corrected chi connectivity index (χ4v) is 3.32. The first-order chi connectivity index (χ1) is 13.1. The van der Waals surface area contributed by atoms with Gasteiger partial charge in [0.2, 0.25) is 5.91 Å². The topological polar surface area (TPSA) is 61.4 Å². The van der Waals surface area contributed by atoms with Gasteiger partial charge in [0.05, 0.1) is 0 Å². The van der Waals surface area contributed by atoms with Crippen LogP contribution < -0.4 is 15.5 Å². The van der Waals surface area contributed by atoms with Gasteiger partial charge in [-0.2, -0.15) is 0 Å². The van der Waals surface area contributed by atoms with Gasteiger partial charge in [-0.3, -0.25) is 9.59 Å². The van der Waals surface area contributed by atoms with Crippen molar-refractivity contribution in [2.75, 3.05) is 24.5 Å². The predicted molar refractivity (Wildman–Crippen MR) is 108 cm³/mol. The molecular weight excluding hydrogens is 338 g/mol. The van der Waals surface area contributed by atoms with E-state index in [2.05, 4.69) is 27.7 Å². The van der Waals surface area contributed by atoms with Crippen molar-refractivity contribution in [1.29, 1.82) is 0 Å². The number of anilines is 1. The van der Waals surface area contributed by atoms with Gasteiger partial charge in [0, 0.05) is 43.3 Å². The Morgan fingerprint density at radius 2 is 1.67 bits per heavy atom. The van der Waals surface area contributed by atoms with Crippen molar-refractivity contribution in [3.05, 3.63) is 65.7 Å². The van der Waals surface area contributed by atoms with Crippen LogP contribution in [0.3, 0.4) is 0 Å². The van der Waals surface area contributed by atoms with Crippen molar-refractivity contribution < 1.29 is 9.59 Å². The smallest absolute Gasteiger partial charge is 0.251 e. The fraction of sp³-hybridized carbons (Fsp3) is 0.364. The summed E-state index contributed by atoms with van der Waals surface area (Å²) < 4.78 is 0. The number of carbonyl (C=O) groups is 2. The van der Waals surface area contributed by atoms with Crippen LogP contribution in [0.1, 0.15) is 35.2 Å². The standard InChI is InChI=1S/C22H27N3O2/c1-17-7-9-18(10-8-17)22(27)23-14-11-21(26)24-19-12-15-25(16-13-19)20-5-3-2-4-6-20/h2-10,19H,11-16H2,1H3,(H,23,27)(H,24,26). The zero-order valence-electron chi connectivity index (χ0n) is 15.8. The van der Waals surface area contributed by atoms with Gasteiger partial charge >= 0.3 is 0 Å².